The summed E-state index contributed by atoms with van der Waals surface area (Å²) in [5.74, 6) is 0.958. The minimum atomic E-state index is -2.84. The van der Waals surface area contributed by atoms with E-state index in [4.69, 9.17) is 0 Å². The first kappa shape index (κ1) is 10.0. The maximum atomic E-state index is 10.6. The van der Waals surface area contributed by atoms with Gasteiger partial charge in [0.05, 0.1) is 0 Å². The molecule has 0 N–H and O–H groups in total. The van der Waals surface area contributed by atoms with E-state index in [0.717, 1.165) is 5.92 Å². The van der Waals surface area contributed by atoms with Gasteiger partial charge in [0, 0.05) is 5.92 Å². The number of alkyl halides is 2. The van der Waals surface area contributed by atoms with E-state index in [1.54, 1.807) is 0 Å². The van der Waals surface area contributed by atoms with Gasteiger partial charge < -0.3 is 1.43 Å². The molecule has 0 fully saturated rings. The zero-order chi connectivity index (χ0) is 4.99. The number of rotatable bonds is 0. The normalized spacial score (nSPS) is 6.29. The second kappa shape index (κ2) is 5.95. The minimum Gasteiger partial charge on any atom is -1.00 e. The average Bonchev–Trinajstić information content (AvgIpc) is 1.35. The van der Waals surface area contributed by atoms with Gasteiger partial charge in [0.15, 0.2) is 0 Å². The first-order valence-corrected chi connectivity index (χ1v) is 1.16. The predicted molar refractivity (Wildman–Crippen MR) is 16.0 cm³/mol. The molecule has 0 saturated carbocycles. The molecular weight excluding hydrogens is 100.0 g/mol. The molecule has 0 atom stereocenters. The largest absolute Gasteiger partial charge is 1.00 e. The van der Waals surface area contributed by atoms with Gasteiger partial charge in [0.25, 0.3) is 0 Å². The maximum Gasteiger partial charge on any atom is 1.00 e. The van der Waals surface area contributed by atoms with Crippen LogP contribution in [-0.2, 0) is 0 Å². The van der Waals surface area contributed by atoms with Gasteiger partial charge in [-0.05, 0) is 0 Å². The van der Waals surface area contributed by atoms with Crippen molar-refractivity contribution in [3.05, 3.63) is 0 Å². The van der Waals surface area contributed by atoms with Gasteiger partial charge in [0.1, 0.15) is 6.17 Å². The van der Waals surface area contributed by atoms with Gasteiger partial charge in [0.2, 0.25) is 0 Å². The Balaban J connectivity index is -0.000000125. The van der Waals surface area contributed by atoms with E-state index >= 15 is 0 Å². The molecule has 0 aliphatic heterocycles. The van der Waals surface area contributed by atoms with Gasteiger partial charge in [-0.25, -0.2) is 0 Å². The van der Waals surface area contributed by atoms with Crippen LogP contribution in [0.3, 0.4) is 0 Å². The Bertz CT molecular complexity index is 84.3. The molecule has 0 bridgehead atoms. The van der Waals surface area contributed by atoms with Gasteiger partial charge in [-0.1, -0.05) is 0 Å². The number of hydrogen-bond donors (Lipinski definition) is 0. The zero-order valence-electron chi connectivity index (χ0n) is 4.71. The van der Waals surface area contributed by atoms with Crippen LogP contribution in [-0.4, -0.2) is 6.43 Å². The minimum absolute atomic E-state index is 0. The van der Waals surface area contributed by atoms with Crippen LogP contribution in [0.1, 0.15) is 1.43 Å². The molecule has 0 aromatic rings. The molecule has 4 heteroatoms. The summed E-state index contributed by atoms with van der Waals surface area (Å²) in [7, 11) is 0. The molecule has 0 spiro atoms. The molecule has 0 heterocycles. The van der Waals surface area contributed by atoms with E-state index in [1.807, 2.05) is 0 Å². The SMILES string of the molecule is FC#CC(F)F.[H-].[Li+]. The quantitative estimate of drug-likeness (QED) is 0.252. The fourth-order valence-corrected chi connectivity index (χ4v) is 0.0412. The molecule has 0 radical (unpaired) electrons. The predicted octanol–water partition coefficient (Wildman–Crippen LogP) is -1.70. The zero-order valence-corrected chi connectivity index (χ0v) is 3.71. The van der Waals surface area contributed by atoms with Gasteiger partial charge in [-0.2, -0.15) is 8.78 Å². The smallest absolute Gasteiger partial charge is 1.00 e. The first-order chi connectivity index (χ1) is 2.77. The van der Waals surface area contributed by atoms with Crippen molar-refractivity contribution in [1.29, 1.82) is 0 Å². The van der Waals surface area contributed by atoms with Crippen molar-refractivity contribution < 1.29 is 33.5 Å². The summed E-state index contributed by atoms with van der Waals surface area (Å²) < 4.78 is 31.6. The van der Waals surface area contributed by atoms with Crippen molar-refractivity contribution >= 4 is 0 Å². The molecule has 0 nitrogen and oxygen atoms in total. The summed E-state index contributed by atoms with van der Waals surface area (Å²) in [5.41, 5.74) is 0. The Morgan fingerprint density at radius 3 is 1.86 bits per heavy atom. The Kier molecular flexibility index (Phi) is 8.53. The van der Waals surface area contributed by atoms with Gasteiger partial charge in [-0.15, -0.1) is 4.39 Å². The average molecular weight is 102 g/mol. The Morgan fingerprint density at radius 2 is 1.86 bits per heavy atom. The monoisotopic (exact) mass is 102 g/mol. The van der Waals surface area contributed by atoms with Crippen molar-refractivity contribution in [3.8, 4) is 12.1 Å². The first-order valence-electron chi connectivity index (χ1n) is 1.16. The van der Waals surface area contributed by atoms with E-state index in [0.29, 0.717) is 6.17 Å². The molecule has 36 valence electrons. The molecule has 0 rings (SSSR count). The summed E-state index contributed by atoms with van der Waals surface area (Å²) in [6.07, 6.45) is -2.27. The van der Waals surface area contributed by atoms with Crippen LogP contribution in [0.4, 0.5) is 13.2 Å². The second-order valence-electron chi connectivity index (χ2n) is 0.540. The molecule has 0 aromatic carbocycles. The van der Waals surface area contributed by atoms with Crippen LogP contribution in [0.15, 0.2) is 0 Å². The van der Waals surface area contributed by atoms with Crippen molar-refractivity contribution in [1.82, 2.24) is 0 Å². The van der Waals surface area contributed by atoms with Crippen molar-refractivity contribution in [2.24, 2.45) is 0 Å². The van der Waals surface area contributed by atoms with Gasteiger partial charge in [-0.3, -0.25) is 0 Å². The topological polar surface area (TPSA) is 0 Å². The fourth-order valence-electron chi connectivity index (χ4n) is 0.0412. The van der Waals surface area contributed by atoms with Crippen molar-refractivity contribution in [3.63, 3.8) is 0 Å². The summed E-state index contributed by atoms with van der Waals surface area (Å²) >= 11 is 0. The van der Waals surface area contributed by atoms with Crippen molar-refractivity contribution in [2.75, 3.05) is 0 Å². The molecule has 7 heavy (non-hydrogen) atoms. The maximum absolute atomic E-state index is 10.6. The second-order valence-corrected chi connectivity index (χ2v) is 0.540. The Labute approximate surface area is 52.7 Å². The number of hydrogen-bond acceptors (Lipinski definition) is 0. The third-order valence-electron chi connectivity index (χ3n) is 0.164. The van der Waals surface area contributed by atoms with Crippen LogP contribution >= 0.6 is 0 Å². The van der Waals surface area contributed by atoms with Crippen LogP contribution in [0.25, 0.3) is 0 Å². The van der Waals surface area contributed by atoms with Crippen molar-refractivity contribution in [2.45, 2.75) is 6.43 Å². The van der Waals surface area contributed by atoms with Crippen LogP contribution < -0.4 is 18.9 Å². The van der Waals surface area contributed by atoms with E-state index in [-0.39, 0.29) is 20.3 Å². The molecular formula is C3H2F3Li. The van der Waals surface area contributed by atoms with E-state index < -0.39 is 6.43 Å². The fraction of sp³-hybridized carbons (Fsp3) is 0.333. The summed E-state index contributed by atoms with van der Waals surface area (Å²) in [5, 5.41) is 0. The molecule has 0 aliphatic carbocycles. The number of halogens is 3. The standard InChI is InChI=1S/C3HF3.Li.H/c4-2-1-3(5)6;;/h3H;;/q;+1;-1. The van der Waals surface area contributed by atoms with Crippen LogP contribution in [0.2, 0.25) is 0 Å². The van der Waals surface area contributed by atoms with E-state index in [9.17, 15) is 13.2 Å². The van der Waals surface area contributed by atoms with E-state index in [1.165, 1.54) is 0 Å². The molecule has 0 unspecified atom stereocenters. The molecule has 0 amide bonds. The third-order valence-corrected chi connectivity index (χ3v) is 0.164. The Morgan fingerprint density at radius 1 is 1.43 bits per heavy atom. The molecule has 0 saturated heterocycles. The van der Waals surface area contributed by atoms with Crippen LogP contribution in [0.5, 0.6) is 0 Å². The summed E-state index contributed by atoms with van der Waals surface area (Å²) in [6.45, 7) is 0. The Hall–Kier alpha value is -0.0526. The molecule has 0 aromatic heterocycles. The summed E-state index contributed by atoms with van der Waals surface area (Å²) in [4.78, 5) is 0. The van der Waals surface area contributed by atoms with Crippen LogP contribution in [0, 0.1) is 12.1 Å². The molecule has 0 aliphatic rings. The summed E-state index contributed by atoms with van der Waals surface area (Å²) in [6, 6.07) is 0. The van der Waals surface area contributed by atoms with Gasteiger partial charge >= 0.3 is 25.3 Å². The third kappa shape index (κ3) is 10.7. The van der Waals surface area contributed by atoms with E-state index in [2.05, 4.69) is 0 Å².